The molecule has 0 bridgehead atoms. The van der Waals surface area contributed by atoms with Crippen LogP contribution in [0.4, 0.5) is 0 Å². The van der Waals surface area contributed by atoms with Gasteiger partial charge in [-0.15, -0.1) is 0 Å². The summed E-state index contributed by atoms with van der Waals surface area (Å²) in [5.74, 6) is 0.190. The van der Waals surface area contributed by atoms with Crippen LogP contribution in [0, 0.1) is 13.8 Å². The minimum absolute atomic E-state index is 0.0628. The highest BCUT2D eigenvalue weighted by molar-refractivity contribution is 7.89. The summed E-state index contributed by atoms with van der Waals surface area (Å²) >= 11 is 0. The van der Waals surface area contributed by atoms with E-state index in [0.29, 0.717) is 11.3 Å². The lowest BCUT2D eigenvalue weighted by Gasteiger charge is -2.15. The Bertz CT molecular complexity index is 895. The van der Waals surface area contributed by atoms with Gasteiger partial charge in [0.1, 0.15) is 11.5 Å². The highest BCUT2D eigenvalue weighted by Gasteiger charge is 2.17. The van der Waals surface area contributed by atoms with E-state index in [4.69, 9.17) is 4.74 Å². The van der Waals surface area contributed by atoms with E-state index in [0.717, 1.165) is 5.56 Å². The topological polar surface area (TPSA) is 105 Å². The van der Waals surface area contributed by atoms with E-state index in [2.05, 4.69) is 10.0 Å². The van der Waals surface area contributed by atoms with E-state index in [1.54, 1.807) is 44.2 Å². The Hall–Kier alpha value is -2.58. The van der Waals surface area contributed by atoms with Crippen LogP contribution < -0.4 is 14.8 Å². The van der Waals surface area contributed by atoms with E-state index < -0.39 is 16.1 Å². The molecule has 0 aliphatic heterocycles. The van der Waals surface area contributed by atoms with Crippen LogP contribution in [0.1, 0.15) is 18.1 Å². The Morgan fingerprint density at radius 3 is 2.41 bits per heavy atom. The molecule has 1 unspecified atom stereocenters. The van der Waals surface area contributed by atoms with Crippen LogP contribution in [0.3, 0.4) is 0 Å². The molecule has 0 saturated heterocycles. The molecule has 0 aromatic heterocycles. The predicted molar refractivity (Wildman–Crippen MR) is 102 cm³/mol. The summed E-state index contributed by atoms with van der Waals surface area (Å²) in [5.41, 5.74) is 1.66. The number of carbonyl (C=O) groups is 1. The van der Waals surface area contributed by atoms with Gasteiger partial charge in [0.25, 0.3) is 5.91 Å². The standard InChI is InChI=1S/C19H24N2O5S/c1-13-4-9-18(14(2)12-13)27(24,25)21-11-10-20-19(23)15(3)26-17-7-5-16(22)6-8-17/h4-9,12,15,21-22H,10-11H2,1-3H3,(H,20,23). The van der Waals surface area contributed by atoms with Crippen LogP contribution >= 0.6 is 0 Å². The Balaban J connectivity index is 1.81. The highest BCUT2D eigenvalue weighted by Crippen LogP contribution is 2.17. The number of sulfonamides is 1. The lowest BCUT2D eigenvalue weighted by Crippen LogP contribution is -2.40. The fourth-order valence-electron chi connectivity index (χ4n) is 2.48. The number of ether oxygens (including phenoxy) is 1. The third-order valence-electron chi connectivity index (χ3n) is 3.86. The molecule has 146 valence electrons. The minimum atomic E-state index is -3.63. The summed E-state index contributed by atoms with van der Waals surface area (Å²) in [6, 6.07) is 11.1. The zero-order chi connectivity index (χ0) is 20.0. The summed E-state index contributed by atoms with van der Waals surface area (Å²) in [4.78, 5) is 12.3. The third kappa shape index (κ3) is 5.97. The number of amides is 1. The summed E-state index contributed by atoms with van der Waals surface area (Å²) < 4.78 is 32.6. The molecule has 2 aromatic carbocycles. The lowest BCUT2D eigenvalue weighted by molar-refractivity contribution is -0.127. The van der Waals surface area contributed by atoms with Gasteiger partial charge in [0.15, 0.2) is 6.10 Å². The third-order valence-corrected chi connectivity index (χ3v) is 5.48. The number of hydrogen-bond donors (Lipinski definition) is 3. The van der Waals surface area contributed by atoms with Crippen molar-refractivity contribution in [3.8, 4) is 11.5 Å². The highest BCUT2D eigenvalue weighted by atomic mass is 32.2. The Kier molecular flexibility index (Phi) is 6.81. The second kappa shape index (κ2) is 8.88. The van der Waals surface area contributed by atoms with Crippen LogP contribution in [-0.4, -0.2) is 38.6 Å². The van der Waals surface area contributed by atoms with Crippen molar-refractivity contribution in [2.75, 3.05) is 13.1 Å². The van der Waals surface area contributed by atoms with Crippen molar-refractivity contribution in [3.05, 3.63) is 53.6 Å². The van der Waals surface area contributed by atoms with Crippen LogP contribution in [0.25, 0.3) is 0 Å². The molecule has 27 heavy (non-hydrogen) atoms. The Morgan fingerprint density at radius 2 is 1.78 bits per heavy atom. The number of hydrogen-bond acceptors (Lipinski definition) is 5. The van der Waals surface area contributed by atoms with Gasteiger partial charge in [-0.2, -0.15) is 0 Å². The SMILES string of the molecule is Cc1ccc(S(=O)(=O)NCCNC(=O)C(C)Oc2ccc(O)cc2)c(C)c1. The van der Waals surface area contributed by atoms with E-state index in [9.17, 15) is 18.3 Å². The monoisotopic (exact) mass is 392 g/mol. The fourth-order valence-corrected chi connectivity index (χ4v) is 3.73. The van der Waals surface area contributed by atoms with Crippen LogP contribution in [0.15, 0.2) is 47.4 Å². The molecule has 0 aliphatic carbocycles. The van der Waals surface area contributed by atoms with Crippen LogP contribution in [0.5, 0.6) is 11.5 Å². The van der Waals surface area contributed by atoms with Crippen molar-refractivity contribution in [2.24, 2.45) is 0 Å². The van der Waals surface area contributed by atoms with Gasteiger partial charge in [-0.3, -0.25) is 4.79 Å². The molecule has 0 saturated carbocycles. The predicted octanol–water partition coefficient (Wildman–Crippen LogP) is 1.87. The number of benzene rings is 2. The number of nitrogens with one attached hydrogen (secondary N) is 2. The molecule has 0 aliphatic rings. The average molecular weight is 392 g/mol. The first-order valence-electron chi connectivity index (χ1n) is 8.49. The molecule has 8 heteroatoms. The van der Waals surface area contributed by atoms with Gasteiger partial charge in [0, 0.05) is 13.1 Å². The molecule has 0 heterocycles. The normalized spacial score (nSPS) is 12.4. The van der Waals surface area contributed by atoms with E-state index in [-0.39, 0.29) is 29.6 Å². The molecule has 3 N–H and O–H groups in total. The number of rotatable bonds is 8. The zero-order valence-corrected chi connectivity index (χ0v) is 16.3. The number of aromatic hydroxyl groups is 1. The first kappa shape index (κ1) is 20.7. The van der Waals surface area contributed by atoms with E-state index >= 15 is 0 Å². The van der Waals surface area contributed by atoms with Crippen LogP contribution in [-0.2, 0) is 14.8 Å². The number of carbonyl (C=O) groups excluding carboxylic acids is 1. The van der Waals surface area contributed by atoms with Crippen LogP contribution in [0.2, 0.25) is 0 Å². The molecule has 0 radical (unpaired) electrons. The number of phenolic OH excluding ortho intramolecular Hbond substituents is 1. The molecule has 1 amide bonds. The van der Waals surface area contributed by atoms with Gasteiger partial charge in [-0.05, 0) is 56.7 Å². The second-order valence-corrected chi connectivity index (χ2v) is 7.95. The van der Waals surface area contributed by atoms with Gasteiger partial charge in [0.2, 0.25) is 10.0 Å². The number of aryl methyl sites for hydroxylation is 2. The fraction of sp³-hybridized carbons (Fsp3) is 0.316. The van der Waals surface area contributed by atoms with Gasteiger partial charge < -0.3 is 15.2 Å². The summed E-state index contributed by atoms with van der Waals surface area (Å²) in [5, 5.41) is 11.9. The molecule has 2 rings (SSSR count). The molecule has 7 nitrogen and oxygen atoms in total. The first-order chi connectivity index (χ1) is 12.7. The molecule has 0 fully saturated rings. The first-order valence-corrected chi connectivity index (χ1v) is 9.97. The van der Waals surface area contributed by atoms with Crippen molar-refractivity contribution in [1.82, 2.24) is 10.0 Å². The summed E-state index contributed by atoms with van der Waals surface area (Å²) in [6.07, 6.45) is -0.759. The van der Waals surface area contributed by atoms with Gasteiger partial charge in [-0.25, -0.2) is 13.1 Å². The molecule has 2 aromatic rings. The molecular formula is C19H24N2O5S. The summed E-state index contributed by atoms with van der Waals surface area (Å²) in [7, 11) is -3.63. The number of phenols is 1. The Labute approximate surface area is 159 Å². The maximum atomic E-state index is 12.3. The minimum Gasteiger partial charge on any atom is -0.508 e. The van der Waals surface area contributed by atoms with Crippen molar-refractivity contribution >= 4 is 15.9 Å². The van der Waals surface area contributed by atoms with Gasteiger partial charge >= 0.3 is 0 Å². The molecule has 0 spiro atoms. The van der Waals surface area contributed by atoms with Gasteiger partial charge in [-0.1, -0.05) is 17.7 Å². The quantitative estimate of drug-likeness (QED) is 0.595. The van der Waals surface area contributed by atoms with Crippen molar-refractivity contribution in [1.29, 1.82) is 0 Å². The summed E-state index contributed by atoms with van der Waals surface area (Å²) in [6.45, 7) is 5.42. The second-order valence-electron chi connectivity index (χ2n) is 6.21. The van der Waals surface area contributed by atoms with E-state index in [1.807, 2.05) is 6.92 Å². The maximum absolute atomic E-state index is 12.3. The van der Waals surface area contributed by atoms with Gasteiger partial charge in [0.05, 0.1) is 4.90 Å². The van der Waals surface area contributed by atoms with Crippen molar-refractivity contribution < 1.29 is 23.1 Å². The maximum Gasteiger partial charge on any atom is 0.260 e. The average Bonchev–Trinajstić information content (AvgIpc) is 2.60. The van der Waals surface area contributed by atoms with Crippen molar-refractivity contribution in [2.45, 2.75) is 31.8 Å². The lowest BCUT2D eigenvalue weighted by atomic mass is 10.2. The zero-order valence-electron chi connectivity index (χ0n) is 15.5. The van der Waals surface area contributed by atoms with Crippen molar-refractivity contribution in [3.63, 3.8) is 0 Å². The smallest absolute Gasteiger partial charge is 0.260 e. The largest absolute Gasteiger partial charge is 0.508 e. The Morgan fingerprint density at radius 1 is 1.11 bits per heavy atom. The molecule has 1 atom stereocenters. The molecular weight excluding hydrogens is 368 g/mol. The van der Waals surface area contributed by atoms with E-state index in [1.165, 1.54) is 12.1 Å².